The number of aromatic nitrogens is 2. The van der Waals surface area contributed by atoms with E-state index in [4.69, 9.17) is 0 Å². The van der Waals surface area contributed by atoms with Gasteiger partial charge in [-0.1, -0.05) is 0 Å². The number of hydrogen-bond donors (Lipinski definition) is 1. The van der Waals surface area contributed by atoms with Crippen molar-refractivity contribution < 1.29 is 4.79 Å². The number of hydrogen-bond acceptors (Lipinski definition) is 5. The molecule has 114 valence electrons. The maximum absolute atomic E-state index is 11.9. The van der Waals surface area contributed by atoms with Crippen molar-refractivity contribution in [1.82, 2.24) is 20.4 Å². The largest absolute Gasteiger partial charge is 0.351 e. The zero-order valence-corrected chi connectivity index (χ0v) is 12.7. The van der Waals surface area contributed by atoms with Gasteiger partial charge in [-0.15, -0.1) is 10.2 Å². The van der Waals surface area contributed by atoms with E-state index in [1.165, 1.54) is 30.6 Å². The lowest BCUT2D eigenvalue weighted by molar-refractivity contribution is 0.0821. The minimum Gasteiger partial charge on any atom is -0.351 e. The van der Waals surface area contributed by atoms with E-state index in [-0.39, 0.29) is 5.91 Å². The fourth-order valence-corrected chi connectivity index (χ4v) is 3.36. The molecule has 2 fully saturated rings. The molecule has 6 nitrogen and oxygen atoms in total. The molecule has 2 aliphatic rings. The Morgan fingerprint density at radius 2 is 2.14 bits per heavy atom. The Bertz CT molecular complexity index is 495. The molecule has 1 aromatic heterocycles. The first-order valence-electron chi connectivity index (χ1n) is 7.72. The first-order chi connectivity index (χ1) is 10.2. The molecule has 2 atom stereocenters. The zero-order chi connectivity index (χ0) is 14.8. The molecule has 0 radical (unpaired) electrons. The van der Waals surface area contributed by atoms with Crippen LogP contribution in [0.5, 0.6) is 0 Å². The standard InChI is InChI=1S/C15H23N5O/c1-19(2)15(21)12-7-8-14(18-17-12)20-10-4-6-13(20)11-5-3-9-16-11/h7-8,11,13,16H,3-6,9-10H2,1-2H3. The van der Waals surface area contributed by atoms with E-state index in [1.54, 1.807) is 20.2 Å². The van der Waals surface area contributed by atoms with Gasteiger partial charge in [0.15, 0.2) is 11.5 Å². The van der Waals surface area contributed by atoms with Crippen molar-refractivity contribution in [2.75, 3.05) is 32.1 Å². The number of nitrogens with one attached hydrogen (secondary N) is 1. The van der Waals surface area contributed by atoms with Gasteiger partial charge in [0.1, 0.15) is 0 Å². The minimum absolute atomic E-state index is 0.107. The molecule has 0 aromatic carbocycles. The summed E-state index contributed by atoms with van der Waals surface area (Å²) in [5, 5.41) is 12.0. The van der Waals surface area contributed by atoms with Crippen LogP contribution in [0.15, 0.2) is 12.1 Å². The average Bonchev–Trinajstić information content (AvgIpc) is 3.17. The van der Waals surface area contributed by atoms with E-state index in [9.17, 15) is 4.79 Å². The predicted octanol–water partition coefficient (Wildman–Crippen LogP) is 0.899. The third-order valence-corrected chi connectivity index (χ3v) is 4.43. The molecular formula is C15H23N5O. The van der Waals surface area contributed by atoms with Gasteiger partial charge in [0.25, 0.3) is 5.91 Å². The highest BCUT2D eigenvalue weighted by Crippen LogP contribution is 2.28. The lowest BCUT2D eigenvalue weighted by atomic mass is 10.0. The highest BCUT2D eigenvalue weighted by molar-refractivity contribution is 5.91. The van der Waals surface area contributed by atoms with Gasteiger partial charge >= 0.3 is 0 Å². The summed E-state index contributed by atoms with van der Waals surface area (Å²) in [4.78, 5) is 15.7. The van der Waals surface area contributed by atoms with E-state index in [2.05, 4.69) is 20.4 Å². The molecule has 0 saturated carbocycles. The summed E-state index contributed by atoms with van der Waals surface area (Å²) >= 11 is 0. The van der Waals surface area contributed by atoms with Crippen molar-refractivity contribution in [2.24, 2.45) is 0 Å². The van der Waals surface area contributed by atoms with Crippen molar-refractivity contribution in [3.8, 4) is 0 Å². The van der Waals surface area contributed by atoms with Crippen LogP contribution in [0.2, 0.25) is 0 Å². The number of rotatable bonds is 3. The van der Waals surface area contributed by atoms with Gasteiger partial charge in [-0.3, -0.25) is 4.79 Å². The molecule has 6 heteroatoms. The Morgan fingerprint density at radius 1 is 1.29 bits per heavy atom. The quantitative estimate of drug-likeness (QED) is 0.896. The van der Waals surface area contributed by atoms with E-state index in [0.717, 1.165) is 18.9 Å². The summed E-state index contributed by atoms with van der Waals surface area (Å²) in [5.74, 6) is 0.783. The molecule has 3 heterocycles. The number of carbonyl (C=O) groups is 1. The second-order valence-corrected chi connectivity index (χ2v) is 6.08. The average molecular weight is 289 g/mol. The van der Waals surface area contributed by atoms with E-state index in [1.807, 2.05) is 6.07 Å². The Kier molecular flexibility index (Phi) is 4.05. The summed E-state index contributed by atoms with van der Waals surface area (Å²) in [6, 6.07) is 4.79. The summed E-state index contributed by atoms with van der Waals surface area (Å²) < 4.78 is 0. The molecule has 0 bridgehead atoms. The molecule has 1 aromatic rings. The zero-order valence-electron chi connectivity index (χ0n) is 12.7. The van der Waals surface area contributed by atoms with Crippen molar-refractivity contribution in [2.45, 2.75) is 37.8 Å². The van der Waals surface area contributed by atoms with Gasteiger partial charge in [0.05, 0.1) is 0 Å². The van der Waals surface area contributed by atoms with Crippen LogP contribution in [0.4, 0.5) is 5.82 Å². The van der Waals surface area contributed by atoms with Crippen LogP contribution in [0.1, 0.15) is 36.2 Å². The topological polar surface area (TPSA) is 61.4 Å². The smallest absolute Gasteiger partial charge is 0.273 e. The third-order valence-electron chi connectivity index (χ3n) is 4.43. The highest BCUT2D eigenvalue weighted by atomic mass is 16.2. The first-order valence-corrected chi connectivity index (χ1v) is 7.72. The Hall–Kier alpha value is -1.69. The van der Waals surface area contributed by atoms with Crippen molar-refractivity contribution >= 4 is 11.7 Å². The van der Waals surface area contributed by atoms with Gasteiger partial charge in [-0.2, -0.15) is 0 Å². The van der Waals surface area contributed by atoms with Crippen LogP contribution < -0.4 is 10.2 Å². The van der Waals surface area contributed by atoms with Gasteiger partial charge in [0.2, 0.25) is 0 Å². The number of anilines is 1. The van der Waals surface area contributed by atoms with Crippen LogP contribution in [0.25, 0.3) is 0 Å². The summed E-state index contributed by atoms with van der Waals surface area (Å²) in [6.07, 6.45) is 4.91. The summed E-state index contributed by atoms with van der Waals surface area (Å²) in [5.41, 5.74) is 0.401. The van der Waals surface area contributed by atoms with E-state index < -0.39 is 0 Å². The number of carbonyl (C=O) groups excluding carboxylic acids is 1. The van der Waals surface area contributed by atoms with E-state index >= 15 is 0 Å². The van der Waals surface area contributed by atoms with Crippen LogP contribution in [0.3, 0.4) is 0 Å². The molecule has 1 amide bonds. The maximum atomic E-state index is 11.9. The molecule has 2 aliphatic heterocycles. The molecule has 21 heavy (non-hydrogen) atoms. The Labute approximate surface area is 125 Å². The lowest BCUT2D eigenvalue weighted by Crippen LogP contribution is -2.44. The molecule has 1 N–H and O–H groups in total. The monoisotopic (exact) mass is 289 g/mol. The van der Waals surface area contributed by atoms with Crippen LogP contribution in [-0.2, 0) is 0 Å². The minimum atomic E-state index is -0.107. The van der Waals surface area contributed by atoms with Gasteiger partial charge in [0, 0.05) is 32.7 Å². The van der Waals surface area contributed by atoms with Crippen LogP contribution >= 0.6 is 0 Å². The number of nitrogens with zero attached hydrogens (tertiary/aromatic N) is 4. The lowest BCUT2D eigenvalue weighted by Gasteiger charge is -2.30. The van der Waals surface area contributed by atoms with Gasteiger partial charge < -0.3 is 15.1 Å². The molecular weight excluding hydrogens is 266 g/mol. The van der Waals surface area contributed by atoms with Crippen molar-refractivity contribution in [1.29, 1.82) is 0 Å². The second kappa shape index (κ2) is 5.97. The van der Waals surface area contributed by atoms with Crippen LogP contribution in [-0.4, -0.2) is 60.3 Å². The molecule has 0 aliphatic carbocycles. The van der Waals surface area contributed by atoms with Crippen molar-refractivity contribution in [3.63, 3.8) is 0 Å². The molecule has 2 saturated heterocycles. The Balaban J connectivity index is 1.75. The van der Waals surface area contributed by atoms with E-state index in [0.29, 0.717) is 17.8 Å². The fourth-order valence-electron chi connectivity index (χ4n) is 3.36. The summed E-state index contributed by atoms with van der Waals surface area (Å²) in [7, 11) is 3.44. The molecule has 0 spiro atoms. The SMILES string of the molecule is CN(C)C(=O)c1ccc(N2CCCC2C2CCCN2)nn1. The summed E-state index contributed by atoms with van der Waals surface area (Å²) in [6.45, 7) is 2.15. The normalized spacial score (nSPS) is 25.3. The maximum Gasteiger partial charge on any atom is 0.273 e. The predicted molar refractivity (Wildman–Crippen MR) is 81.4 cm³/mol. The number of amides is 1. The Morgan fingerprint density at radius 3 is 2.76 bits per heavy atom. The molecule has 3 rings (SSSR count). The first kappa shape index (κ1) is 14.3. The van der Waals surface area contributed by atoms with Crippen molar-refractivity contribution in [3.05, 3.63) is 17.8 Å². The van der Waals surface area contributed by atoms with Crippen LogP contribution in [0, 0.1) is 0 Å². The fraction of sp³-hybridized carbons (Fsp3) is 0.667. The van der Waals surface area contributed by atoms with Gasteiger partial charge in [-0.05, 0) is 44.4 Å². The van der Waals surface area contributed by atoms with Gasteiger partial charge in [-0.25, -0.2) is 0 Å². The second-order valence-electron chi connectivity index (χ2n) is 6.08. The highest BCUT2D eigenvalue weighted by Gasteiger charge is 2.34. The third kappa shape index (κ3) is 2.85. The molecule has 2 unspecified atom stereocenters.